The molecule has 144 valence electrons. The maximum Gasteiger partial charge on any atom is 0.265 e. The van der Waals surface area contributed by atoms with E-state index >= 15 is 0 Å². The highest BCUT2D eigenvalue weighted by Gasteiger charge is 2.34. The highest BCUT2D eigenvalue weighted by molar-refractivity contribution is 7.89. The minimum atomic E-state index is -3.69. The Morgan fingerprint density at radius 2 is 1.93 bits per heavy atom. The second-order valence-electron chi connectivity index (χ2n) is 7.47. The number of benzene rings is 1. The molecule has 0 bridgehead atoms. The van der Waals surface area contributed by atoms with Crippen LogP contribution in [0.5, 0.6) is 0 Å². The lowest BCUT2D eigenvalue weighted by atomic mass is 10.0. The topological polar surface area (TPSA) is 57.7 Å². The van der Waals surface area contributed by atoms with Crippen molar-refractivity contribution < 1.29 is 13.2 Å². The minimum Gasteiger partial charge on any atom is -0.338 e. The summed E-state index contributed by atoms with van der Waals surface area (Å²) in [6.07, 6.45) is 2.79. The Morgan fingerprint density at radius 3 is 2.70 bits per heavy atom. The lowest BCUT2D eigenvalue weighted by Crippen LogP contribution is -2.40. The van der Waals surface area contributed by atoms with Crippen LogP contribution in [0, 0.1) is 5.92 Å². The Balaban J connectivity index is 1.61. The molecule has 1 fully saturated rings. The van der Waals surface area contributed by atoms with E-state index in [0.29, 0.717) is 43.4 Å². The number of likely N-dealkylation sites (tertiary alicyclic amines) is 1. The number of sulfonamides is 1. The first-order chi connectivity index (χ1) is 13.0. The zero-order chi connectivity index (χ0) is 19.0. The molecule has 0 spiro atoms. The molecule has 1 unspecified atom stereocenters. The van der Waals surface area contributed by atoms with Gasteiger partial charge in [-0.2, -0.15) is 4.31 Å². The van der Waals surface area contributed by atoms with Gasteiger partial charge in [0.1, 0.15) is 9.77 Å². The van der Waals surface area contributed by atoms with Crippen LogP contribution in [0.3, 0.4) is 0 Å². The van der Waals surface area contributed by atoms with Gasteiger partial charge in [0.25, 0.3) is 5.91 Å². The fourth-order valence-corrected chi connectivity index (χ4v) is 6.77. The summed E-state index contributed by atoms with van der Waals surface area (Å²) < 4.78 is 28.1. The highest BCUT2D eigenvalue weighted by Crippen LogP contribution is 2.31. The zero-order valence-corrected chi connectivity index (χ0v) is 17.1. The Bertz CT molecular complexity index is 952. The average Bonchev–Trinajstić information content (AvgIpc) is 3.17. The summed E-state index contributed by atoms with van der Waals surface area (Å²) in [5.74, 6) is 0.314. The third-order valence-electron chi connectivity index (χ3n) is 5.48. The van der Waals surface area contributed by atoms with E-state index in [0.717, 1.165) is 18.4 Å². The molecule has 2 aromatic rings. The van der Waals surface area contributed by atoms with Crippen molar-refractivity contribution in [3.05, 3.63) is 51.7 Å². The van der Waals surface area contributed by atoms with E-state index in [9.17, 15) is 13.2 Å². The maximum absolute atomic E-state index is 13.3. The predicted molar refractivity (Wildman–Crippen MR) is 106 cm³/mol. The normalized spacial score (nSPS) is 21.1. The number of carbonyl (C=O) groups is 1. The smallest absolute Gasteiger partial charge is 0.265 e. The van der Waals surface area contributed by atoms with E-state index in [1.165, 1.54) is 21.2 Å². The molecule has 0 saturated carbocycles. The lowest BCUT2D eigenvalue weighted by molar-refractivity contribution is 0.0684. The number of carbonyl (C=O) groups excluding carboxylic acids is 1. The fraction of sp³-hybridized carbons (Fsp3) is 0.450. The number of thiophene rings is 1. The van der Waals surface area contributed by atoms with Crippen molar-refractivity contribution in [2.45, 2.75) is 37.6 Å². The zero-order valence-electron chi connectivity index (χ0n) is 15.4. The van der Waals surface area contributed by atoms with Crippen molar-refractivity contribution in [2.24, 2.45) is 5.92 Å². The molecule has 7 heteroatoms. The molecular formula is C20H24N2O3S2. The first-order valence-corrected chi connectivity index (χ1v) is 11.7. The van der Waals surface area contributed by atoms with Crippen LogP contribution < -0.4 is 0 Å². The first kappa shape index (κ1) is 18.7. The van der Waals surface area contributed by atoms with Crippen molar-refractivity contribution in [2.75, 3.05) is 19.6 Å². The molecule has 3 heterocycles. The summed E-state index contributed by atoms with van der Waals surface area (Å²) in [5, 5.41) is 1.71. The molecule has 0 radical (unpaired) electrons. The second kappa shape index (κ2) is 7.37. The molecule has 27 heavy (non-hydrogen) atoms. The van der Waals surface area contributed by atoms with Gasteiger partial charge in [-0.25, -0.2) is 8.42 Å². The van der Waals surface area contributed by atoms with Gasteiger partial charge >= 0.3 is 0 Å². The van der Waals surface area contributed by atoms with Crippen molar-refractivity contribution in [1.82, 2.24) is 9.21 Å². The van der Waals surface area contributed by atoms with E-state index in [4.69, 9.17) is 0 Å². The third-order valence-corrected chi connectivity index (χ3v) is 8.40. The predicted octanol–water partition coefficient (Wildman–Crippen LogP) is 3.37. The fourth-order valence-electron chi connectivity index (χ4n) is 3.99. The molecule has 1 aromatic carbocycles. The molecule has 5 nitrogen and oxygen atoms in total. The van der Waals surface area contributed by atoms with Crippen LogP contribution in [0.1, 0.15) is 40.6 Å². The summed E-state index contributed by atoms with van der Waals surface area (Å²) in [6.45, 7) is 4.36. The summed E-state index contributed by atoms with van der Waals surface area (Å²) >= 11 is 1.23. The maximum atomic E-state index is 13.3. The van der Waals surface area contributed by atoms with Gasteiger partial charge in [0.2, 0.25) is 10.0 Å². The number of amides is 1. The van der Waals surface area contributed by atoms with Gasteiger partial charge in [-0.3, -0.25) is 4.79 Å². The van der Waals surface area contributed by atoms with Crippen LogP contribution >= 0.6 is 11.3 Å². The monoisotopic (exact) mass is 404 g/mol. The third kappa shape index (κ3) is 3.56. The van der Waals surface area contributed by atoms with Gasteiger partial charge in [-0.05, 0) is 47.8 Å². The molecule has 1 aromatic heterocycles. The Kier molecular flexibility index (Phi) is 5.09. The summed E-state index contributed by atoms with van der Waals surface area (Å²) in [5.41, 5.74) is 2.24. The number of hydrogen-bond donors (Lipinski definition) is 0. The molecule has 2 aliphatic heterocycles. The summed E-state index contributed by atoms with van der Waals surface area (Å²) in [7, 11) is -3.69. The van der Waals surface area contributed by atoms with E-state index in [2.05, 4.69) is 13.0 Å². The van der Waals surface area contributed by atoms with Gasteiger partial charge in [-0.15, -0.1) is 11.3 Å². The van der Waals surface area contributed by atoms with Gasteiger partial charge in [0.15, 0.2) is 0 Å². The van der Waals surface area contributed by atoms with Crippen LogP contribution in [0.25, 0.3) is 0 Å². The molecule has 0 aliphatic carbocycles. The number of fused-ring (bicyclic) bond motifs is 1. The van der Waals surface area contributed by atoms with Crippen molar-refractivity contribution in [3.63, 3.8) is 0 Å². The molecule has 1 amide bonds. The Hall–Kier alpha value is -1.70. The van der Waals surface area contributed by atoms with Gasteiger partial charge < -0.3 is 4.90 Å². The largest absolute Gasteiger partial charge is 0.338 e. The van der Waals surface area contributed by atoms with Crippen molar-refractivity contribution >= 4 is 27.3 Å². The molecule has 1 atom stereocenters. The van der Waals surface area contributed by atoms with E-state index in [1.807, 2.05) is 23.1 Å². The average molecular weight is 405 g/mol. The van der Waals surface area contributed by atoms with Crippen molar-refractivity contribution in [1.29, 1.82) is 0 Å². The summed E-state index contributed by atoms with van der Waals surface area (Å²) in [4.78, 5) is 15.3. The van der Waals surface area contributed by atoms with Crippen LogP contribution in [0.15, 0.2) is 40.6 Å². The van der Waals surface area contributed by atoms with E-state index < -0.39 is 10.0 Å². The van der Waals surface area contributed by atoms with Crippen LogP contribution in [-0.4, -0.2) is 43.2 Å². The Morgan fingerprint density at radius 1 is 1.15 bits per heavy atom. The van der Waals surface area contributed by atoms with Crippen LogP contribution in [0.4, 0.5) is 0 Å². The standard InChI is InChI=1S/C20H24N2O3S2/c1-15-5-4-10-21(13-15)20(23)19-18(9-12-26-19)27(24,25)22-11-8-16-6-2-3-7-17(16)14-22/h2-3,6-7,9,12,15H,4-5,8,10-11,13-14H2,1H3. The Labute approximate surface area is 164 Å². The second-order valence-corrected chi connectivity index (χ2v) is 10.3. The molecular weight excluding hydrogens is 380 g/mol. The number of nitrogens with zero attached hydrogens (tertiary/aromatic N) is 2. The summed E-state index contributed by atoms with van der Waals surface area (Å²) in [6, 6.07) is 9.54. The minimum absolute atomic E-state index is 0.146. The van der Waals surface area contributed by atoms with Crippen molar-refractivity contribution in [3.8, 4) is 0 Å². The van der Waals surface area contributed by atoms with Gasteiger partial charge in [-0.1, -0.05) is 31.2 Å². The van der Waals surface area contributed by atoms with Gasteiger partial charge in [0.05, 0.1) is 0 Å². The number of piperidine rings is 1. The molecule has 4 rings (SSSR count). The number of rotatable bonds is 3. The van der Waals surface area contributed by atoms with Crippen LogP contribution in [-0.2, 0) is 23.0 Å². The molecule has 2 aliphatic rings. The van der Waals surface area contributed by atoms with E-state index in [1.54, 1.807) is 11.4 Å². The quantitative estimate of drug-likeness (QED) is 0.788. The first-order valence-electron chi connectivity index (χ1n) is 9.40. The number of hydrogen-bond acceptors (Lipinski definition) is 4. The SMILES string of the molecule is CC1CCCN(C(=O)c2sccc2S(=O)(=O)N2CCc3ccccc3C2)C1. The molecule has 1 saturated heterocycles. The van der Waals surface area contributed by atoms with E-state index in [-0.39, 0.29) is 10.8 Å². The highest BCUT2D eigenvalue weighted by atomic mass is 32.2. The molecule has 0 N–H and O–H groups in total. The van der Waals surface area contributed by atoms with Crippen LogP contribution in [0.2, 0.25) is 0 Å². The lowest BCUT2D eigenvalue weighted by Gasteiger charge is -2.31. The van der Waals surface area contributed by atoms with Gasteiger partial charge in [0, 0.05) is 26.2 Å².